The fourth-order valence-corrected chi connectivity index (χ4v) is 4.30. The van der Waals surface area contributed by atoms with Crippen molar-refractivity contribution in [2.24, 2.45) is 0 Å². The molecule has 30 heavy (non-hydrogen) atoms. The monoisotopic (exact) mass is 413 g/mol. The van der Waals surface area contributed by atoms with Crippen LogP contribution in [0.15, 0.2) is 30.5 Å². The number of unbranched alkanes of at least 4 members (excludes halogenated alkanes) is 1. The van der Waals surface area contributed by atoms with Crippen molar-refractivity contribution in [3.05, 3.63) is 41.9 Å². The molecule has 4 rings (SSSR count). The van der Waals surface area contributed by atoms with Crippen molar-refractivity contribution >= 4 is 22.5 Å². The first-order valence-electron chi connectivity index (χ1n) is 11.0. The number of nitrogens with zero attached hydrogens (tertiary/aromatic N) is 3. The molecule has 0 saturated carbocycles. The number of fused-ring (bicyclic) bond motifs is 1. The Labute approximate surface area is 177 Å². The van der Waals surface area contributed by atoms with E-state index in [-0.39, 0.29) is 11.8 Å². The van der Waals surface area contributed by atoms with E-state index in [1.165, 1.54) is 17.7 Å². The van der Waals surface area contributed by atoms with Gasteiger partial charge in [-0.05, 0) is 56.6 Å². The zero-order chi connectivity index (χ0) is 20.9. The van der Waals surface area contributed by atoms with Gasteiger partial charge in [-0.15, -0.1) is 0 Å². The summed E-state index contributed by atoms with van der Waals surface area (Å²) in [5, 5.41) is 4.09. The zero-order valence-electron chi connectivity index (χ0n) is 17.8. The molecule has 162 valence electrons. The van der Waals surface area contributed by atoms with Gasteiger partial charge in [0.1, 0.15) is 5.82 Å². The molecule has 1 fully saturated rings. The molecule has 0 radical (unpaired) electrons. The molecule has 0 bridgehead atoms. The van der Waals surface area contributed by atoms with Gasteiger partial charge in [-0.3, -0.25) is 0 Å². The average Bonchev–Trinajstić information content (AvgIpc) is 3.18. The molecule has 0 atom stereocenters. The highest BCUT2D eigenvalue weighted by Crippen LogP contribution is 2.29. The maximum absolute atomic E-state index is 13.4. The molecule has 2 aliphatic rings. The lowest BCUT2D eigenvalue weighted by Gasteiger charge is -2.32. The van der Waals surface area contributed by atoms with Crippen molar-refractivity contribution in [2.45, 2.75) is 19.3 Å². The Balaban J connectivity index is 1.20. The van der Waals surface area contributed by atoms with Gasteiger partial charge < -0.3 is 25.0 Å². The lowest BCUT2D eigenvalue weighted by atomic mass is 9.99. The second-order valence-corrected chi connectivity index (χ2v) is 8.40. The van der Waals surface area contributed by atoms with Crippen LogP contribution in [0.2, 0.25) is 0 Å². The van der Waals surface area contributed by atoms with Crippen LogP contribution in [0.25, 0.3) is 16.5 Å². The van der Waals surface area contributed by atoms with E-state index in [0.717, 1.165) is 75.0 Å². The number of rotatable bonds is 6. The van der Waals surface area contributed by atoms with Gasteiger partial charge in [-0.25, -0.2) is 9.18 Å². The standard InChI is InChI=1S/C23H32FN5O/c1-27-12-14-28(15-13-27)9-3-2-8-25-23(30)29-10-6-18(7-11-29)21-17-26-22-16-19(24)4-5-20(21)22/h4-6,16-17,26H,2-3,7-15H2,1H3,(H,25,30). The van der Waals surface area contributed by atoms with E-state index in [2.05, 4.69) is 33.2 Å². The van der Waals surface area contributed by atoms with Crippen LogP contribution in [0.5, 0.6) is 0 Å². The van der Waals surface area contributed by atoms with E-state index in [0.29, 0.717) is 13.1 Å². The number of aromatic amines is 1. The predicted molar refractivity (Wildman–Crippen MR) is 119 cm³/mol. The molecule has 6 nitrogen and oxygen atoms in total. The van der Waals surface area contributed by atoms with E-state index < -0.39 is 0 Å². The van der Waals surface area contributed by atoms with Crippen molar-refractivity contribution in [1.82, 2.24) is 25.0 Å². The molecule has 0 unspecified atom stereocenters. The summed E-state index contributed by atoms with van der Waals surface area (Å²) in [6.45, 7) is 7.76. The smallest absolute Gasteiger partial charge is 0.317 e. The van der Waals surface area contributed by atoms with Gasteiger partial charge >= 0.3 is 6.03 Å². The molecule has 0 aliphatic carbocycles. The number of hydrogen-bond donors (Lipinski definition) is 2. The van der Waals surface area contributed by atoms with Crippen LogP contribution < -0.4 is 5.32 Å². The summed E-state index contributed by atoms with van der Waals surface area (Å²) in [4.78, 5) is 22.4. The Kier molecular flexibility index (Phi) is 6.69. The van der Waals surface area contributed by atoms with Crippen molar-refractivity contribution in [3.8, 4) is 0 Å². The van der Waals surface area contributed by atoms with Gasteiger partial charge in [0.2, 0.25) is 0 Å². The topological polar surface area (TPSA) is 54.6 Å². The lowest BCUT2D eigenvalue weighted by molar-refractivity contribution is 0.152. The summed E-state index contributed by atoms with van der Waals surface area (Å²) in [7, 11) is 2.17. The Morgan fingerprint density at radius 1 is 1.17 bits per heavy atom. The van der Waals surface area contributed by atoms with Gasteiger partial charge in [0.15, 0.2) is 0 Å². The maximum atomic E-state index is 13.4. The first-order chi connectivity index (χ1) is 14.6. The molecular weight excluding hydrogens is 381 g/mol. The largest absolute Gasteiger partial charge is 0.360 e. The summed E-state index contributed by atoms with van der Waals surface area (Å²) < 4.78 is 13.4. The normalized spacial score (nSPS) is 18.6. The number of carbonyl (C=O) groups is 1. The number of nitrogens with one attached hydrogen (secondary N) is 2. The highest BCUT2D eigenvalue weighted by Gasteiger charge is 2.19. The number of likely N-dealkylation sites (N-methyl/N-ethyl adjacent to an activating group) is 1. The Hall–Kier alpha value is -2.38. The summed E-state index contributed by atoms with van der Waals surface area (Å²) in [6, 6.07) is 4.85. The van der Waals surface area contributed by atoms with Crippen LogP contribution in [-0.4, -0.2) is 85.1 Å². The number of urea groups is 1. The highest BCUT2D eigenvalue weighted by molar-refractivity contribution is 5.93. The van der Waals surface area contributed by atoms with E-state index >= 15 is 0 Å². The summed E-state index contributed by atoms with van der Waals surface area (Å²) >= 11 is 0. The van der Waals surface area contributed by atoms with E-state index in [1.54, 1.807) is 0 Å². The van der Waals surface area contributed by atoms with Crippen LogP contribution in [0.4, 0.5) is 9.18 Å². The Morgan fingerprint density at radius 2 is 2.00 bits per heavy atom. The van der Waals surface area contributed by atoms with Crippen molar-refractivity contribution in [3.63, 3.8) is 0 Å². The van der Waals surface area contributed by atoms with Crippen molar-refractivity contribution < 1.29 is 9.18 Å². The fourth-order valence-electron chi connectivity index (χ4n) is 4.30. The highest BCUT2D eigenvalue weighted by atomic mass is 19.1. The number of H-pyrrole nitrogens is 1. The minimum atomic E-state index is -0.236. The van der Waals surface area contributed by atoms with E-state index in [4.69, 9.17) is 0 Å². The quantitative estimate of drug-likeness (QED) is 0.716. The first kappa shape index (κ1) is 20.9. The van der Waals surface area contributed by atoms with Gasteiger partial charge in [-0.2, -0.15) is 0 Å². The molecule has 3 heterocycles. The molecule has 2 aliphatic heterocycles. The number of halogens is 1. The summed E-state index contributed by atoms with van der Waals surface area (Å²) in [6.07, 6.45) is 6.99. The Bertz CT molecular complexity index is 900. The fraction of sp³-hybridized carbons (Fsp3) is 0.522. The number of carbonyl (C=O) groups excluding carboxylic acids is 1. The van der Waals surface area contributed by atoms with Crippen LogP contribution in [0, 0.1) is 5.82 Å². The third-order valence-corrected chi connectivity index (χ3v) is 6.26. The number of aromatic nitrogens is 1. The molecule has 7 heteroatoms. The molecule has 1 aromatic heterocycles. The van der Waals surface area contributed by atoms with Gasteiger partial charge in [0.05, 0.1) is 0 Å². The summed E-state index contributed by atoms with van der Waals surface area (Å²) in [5.74, 6) is -0.236. The summed E-state index contributed by atoms with van der Waals surface area (Å²) in [5.41, 5.74) is 3.13. The molecule has 2 N–H and O–H groups in total. The minimum absolute atomic E-state index is 0.0193. The maximum Gasteiger partial charge on any atom is 0.317 e. The molecule has 1 aromatic carbocycles. The number of benzene rings is 1. The molecule has 1 saturated heterocycles. The average molecular weight is 414 g/mol. The van der Waals surface area contributed by atoms with Crippen LogP contribution in [0.3, 0.4) is 0 Å². The lowest BCUT2D eigenvalue weighted by Crippen LogP contribution is -2.45. The van der Waals surface area contributed by atoms with Crippen LogP contribution in [0.1, 0.15) is 24.8 Å². The molecule has 2 amide bonds. The number of hydrogen-bond acceptors (Lipinski definition) is 3. The first-order valence-corrected chi connectivity index (χ1v) is 11.0. The number of piperazine rings is 1. The van der Waals surface area contributed by atoms with Crippen LogP contribution in [-0.2, 0) is 0 Å². The van der Waals surface area contributed by atoms with E-state index in [1.807, 2.05) is 17.2 Å². The molecule has 2 aromatic rings. The van der Waals surface area contributed by atoms with E-state index in [9.17, 15) is 9.18 Å². The van der Waals surface area contributed by atoms with Crippen LogP contribution >= 0.6 is 0 Å². The Morgan fingerprint density at radius 3 is 2.77 bits per heavy atom. The van der Waals surface area contributed by atoms with Gasteiger partial charge in [0.25, 0.3) is 0 Å². The van der Waals surface area contributed by atoms with Crippen molar-refractivity contribution in [2.75, 3.05) is 59.4 Å². The van der Waals surface area contributed by atoms with Gasteiger partial charge in [0, 0.05) is 68.5 Å². The van der Waals surface area contributed by atoms with Crippen molar-refractivity contribution in [1.29, 1.82) is 0 Å². The third-order valence-electron chi connectivity index (χ3n) is 6.26. The third kappa shape index (κ3) is 5.02. The second-order valence-electron chi connectivity index (χ2n) is 8.40. The molecular formula is C23H32FN5O. The molecule has 0 spiro atoms. The minimum Gasteiger partial charge on any atom is -0.360 e. The second kappa shape index (κ2) is 9.62. The zero-order valence-corrected chi connectivity index (χ0v) is 17.8. The van der Waals surface area contributed by atoms with Gasteiger partial charge in [-0.1, -0.05) is 6.08 Å². The SMILES string of the molecule is CN1CCN(CCCCNC(=O)N2CC=C(c3c[nH]c4cc(F)ccc34)CC2)CC1. The predicted octanol–water partition coefficient (Wildman–Crippen LogP) is 3.13. The number of amides is 2.